The zero-order chi connectivity index (χ0) is 13.7. The second-order valence-corrected chi connectivity index (χ2v) is 5.81. The molecule has 2 rings (SSSR count). The first-order chi connectivity index (χ1) is 9.18. The van der Waals surface area contributed by atoms with Crippen LogP contribution in [0.15, 0.2) is 18.2 Å². The van der Waals surface area contributed by atoms with Crippen molar-refractivity contribution in [1.82, 2.24) is 0 Å². The Kier molecular flexibility index (Phi) is 5.38. The molecular formula is C16H20ClFO. The lowest BCUT2D eigenvalue weighted by atomic mass is 9.86. The van der Waals surface area contributed by atoms with E-state index in [0.29, 0.717) is 5.56 Å². The minimum Gasteiger partial charge on any atom is -0.299 e. The molecule has 0 N–H and O–H groups in total. The molecule has 0 spiro atoms. The molecule has 1 saturated carbocycles. The van der Waals surface area contributed by atoms with Gasteiger partial charge in [-0.3, -0.25) is 4.79 Å². The highest BCUT2D eigenvalue weighted by molar-refractivity contribution is 6.30. The second kappa shape index (κ2) is 7.04. The Hall–Kier alpha value is -0.890. The van der Waals surface area contributed by atoms with Crippen molar-refractivity contribution in [2.24, 2.45) is 5.92 Å². The molecule has 0 aromatic heterocycles. The van der Waals surface area contributed by atoms with Gasteiger partial charge in [-0.2, -0.15) is 0 Å². The van der Waals surface area contributed by atoms with Crippen LogP contribution in [0.5, 0.6) is 0 Å². The van der Waals surface area contributed by atoms with Crippen molar-refractivity contribution >= 4 is 17.4 Å². The first-order valence-electron chi connectivity index (χ1n) is 7.14. The Balaban J connectivity index is 2.01. The zero-order valence-corrected chi connectivity index (χ0v) is 11.9. The van der Waals surface area contributed by atoms with E-state index < -0.39 is 5.82 Å². The van der Waals surface area contributed by atoms with E-state index in [-0.39, 0.29) is 23.1 Å². The van der Waals surface area contributed by atoms with Gasteiger partial charge in [0.1, 0.15) is 11.6 Å². The lowest BCUT2D eigenvalue weighted by Crippen LogP contribution is -2.18. The fourth-order valence-corrected chi connectivity index (χ4v) is 2.99. The summed E-state index contributed by atoms with van der Waals surface area (Å²) in [5.74, 6) is -0.162. The van der Waals surface area contributed by atoms with Crippen LogP contribution in [0.3, 0.4) is 0 Å². The Morgan fingerprint density at radius 3 is 2.47 bits per heavy atom. The first-order valence-corrected chi connectivity index (χ1v) is 7.52. The molecule has 0 saturated heterocycles. The monoisotopic (exact) mass is 282 g/mol. The summed E-state index contributed by atoms with van der Waals surface area (Å²) in [5, 5.41) is 0.1000. The van der Waals surface area contributed by atoms with Gasteiger partial charge in [-0.1, -0.05) is 55.8 Å². The zero-order valence-electron chi connectivity index (χ0n) is 11.1. The van der Waals surface area contributed by atoms with E-state index in [4.69, 9.17) is 11.6 Å². The Labute approximate surface area is 119 Å². The second-order valence-electron chi connectivity index (χ2n) is 5.40. The van der Waals surface area contributed by atoms with Gasteiger partial charge in [0.2, 0.25) is 0 Å². The number of Topliss-reactive ketones (excluding diaryl/α,β-unsaturated/α-hetero) is 1. The molecule has 0 bridgehead atoms. The number of carbonyl (C=O) groups is 1. The third kappa shape index (κ3) is 4.04. The van der Waals surface area contributed by atoms with Gasteiger partial charge in [-0.05, 0) is 24.5 Å². The summed E-state index contributed by atoms with van der Waals surface area (Å²) in [6, 6.07) is 4.87. The Morgan fingerprint density at radius 1 is 1.16 bits per heavy atom. The molecule has 1 fully saturated rings. The first kappa shape index (κ1) is 14.5. The van der Waals surface area contributed by atoms with Gasteiger partial charge in [0.05, 0.1) is 5.02 Å². The number of hydrogen-bond donors (Lipinski definition) is 0. The van der Waals surface area contributed by atoms with E-state index in [1.165, 1.54) is 25.3 Å². The van der Waals surface area contributed by atoms with E-state index in [1.54, 1.807) is 12.1 Å². The van der Waals surface area contributed by atoms with Crippen molar-refractivity contribution in [2.45, 2.75) is 51.4 Å². The summed E-state index contributed by atoms with van der Waals surface area (Å²) >= 11 is 5.74. The number of rotatable bonds is 3. The molecule has 0 unspecified atom stereocenters. The van der Waals surface area contributed by atoms with Crippen LogP contribution in [0.25, 0.3) is 0 Å². The predicted octanol–water partition coefficient (Wildman–Crippen LogP) is 4.95. The summed E-state index contributed by atoms with van der Waals surface area (Å²) in [6.07, 6.45) is 8.05. The Morgan fingerprint density at radius 2 is 1.79 bits per heavy atom. The maximum absolute atomic E-state index is 13.8. The lowest BCUT2D eigenvalue weighted by Gasteiger charge is -2.18. The summed E-state index contributed by atoms with van der Waals surface area (Å²) in [6.45, 7) is 0. The van der Waals surface area contributed by atoms with Crippen LogP contribution >= 0.6 is 11.6 Å². The highest BCUT2D eigenvalue weighted by Crippen LogP contribution is 2.25. The number of benzene rings is 1. The van der Waals surface area contributed by atoms with Gasteiger partial charge >= 0.3 is 0 Å². The van der Waals surface area contributed by atoms with E-state index in [9.17, 15) is 9.18 Å². The predicted molar refractivity (Wildman–Crippen MR) is 75.9 cm³/mol. The van der Waals surface area contributed by atoms with Crippen molar-refractivity contribution in [2.75, 3.05) is 0 Å². The van der Waals surface area contributed by atoms with E-state index in [0.717, 1.165) is 25.7 Å². The topological polar surface area (TPSA) is 17.1 Å². The van der Waals surface area contributed by atoms with Crippen LogP contribution in [0.2, 0.25) is 5.02 Å². The average molecular weight is 283 g/mol. The molecule has 104 valence electrons. The molecule has 1 aliphatic rings. The fraction of sp³-hybridized carbons (Fsp3) is 0.562. The molecule has 0 aliphatic heterocycles. The maximum Gasteiger partial charge on any atom is 0.145 e. The quantitative estimate of drug-likeness (QED) is 0.766. The number of hydrogen-bond acceptors (Lipinski definition) is 1. The van der Waals surface area contributed by atoms with Crippen molar-refractivity contribution in [3.05, 3.63) is 34.6 Å². The van der Waals surface area contributed by atoms with E-state index >= 15 is 0 Å². The van der Waals surface area contributed by atoms with Crippen molar-refractivity contribution < 1.29 is 9.18 Å². The number of carbonyl (C=O) groups excluding carboxylic acids is 1. The minimum atomic E-state index is -0.441. The SMILES string of the molecule is O=C(Cc1cccc(Cl)c1F)C1CCCCCCC1. The van der Waals surface area contributed by atoms with Gasteiger partial charge < -0.3 is 0 Å². The minimum absolute atomic E-state index is 0.1000. The molecular weight excluding hydrogens is 263 g/mol. The maximum atomic E-state index is 13.8. The molecule has 1 aromatic rings. The van der Waals surface area contributed by atoms with Crippen LogP contribution in [0, 0.1) is 11.7 Å². The fourth-order valence-electron chi connectivity index (χ4n) is 2.80. The molecule has 1 aliphatic carbocycles. The highest BCUT2D eigenvalue weighted by atomic mass is 35.5. The van der Waals surface area contributed by atoms with Crippen LogP contribution in [0.1, 0.15) is 50.5 Å². The van der Waals surface area contributed by atoms with Gasteiger partial charge in [0, 0.05) is 12.3 Å². The average Bonchev–Trinajstić information content (AvgIpc) is 2.34. The van der Waals surface area contributed by atoms with Crippen molar-refractivity contribution in [3.8, 4) is 0 Å². The molecule has 19 heavy (non-hydrogen) atoms. The van der Waals surface area contributed by atoms with Crippen LogP contribution in [-0.2, 0) is 11.2 Å². The normalized spacial score (nSPS) is 17.8. The summed E-state index contributed by atoms with van der Waals surface area (Å²) < 4.78 is 13.8. The smallest absolute Gasteiger partial charge is 0.145 e. The van der Waals surface area contributed by atoms with Gasteiger partial charge in [-0.15, -0.1) is 0 Å². The van der Waals surface area contributed by atoms with Crippen LogP contribution in [0.4, 0.5) is 4.39 Å². The lowest BCUT2D eigenvalue weighted by molar-refractivity contribution is -0.122. The standard InChI is InChI=1S/C16H20ClFO/c17-14-10-6-9-13(16(14)18)11-15(19)12-7-4-2-1-3-5-8-12/h6,9-10,12H,1-5,7-8,11H2. The van der Waals surface area contributed by atoms with Gasteiger partial charge in [0.25, 0.3) is 0 Å². The number of halogens is 2. The molecule has 0 amide bonds. The van der Waals surface area contributed by atoms with Gasteiger partial charge in [-0.25, -0.2) is 4.39 Å². The summed E-state index contributed by atoms with van der Waals surface area (Å²) in [5.41, 5.74) is 0.430. The molecule has 1 nitrogen and oxygen atoms in total. The van der Waals surface area contributed by atoms with Crippen LogP contribution in [-0.4, -0.2) is 5.78 Å². The van der Waals surface area contributed by atoms with E-state index in [1.807, 2.05) is 0 Å². The summed E-state index contributed by atoms with van der Waals surface area (Å²) in [7, 11) is 0. The molecule has 0 heterocycles. The third-order valence-electron chi connectivity index (χ3n) is 3.96. The van der Waals surface area contributed by atoms with Crippen molar-refractivity contribution in [1.29, 1.82) is 0 Å². The third-order valence-corrected chi connectivity index (χ3v) is 4.25. The molecule has 1 aromatic carbocycles. The largest absolute Gasteiger partial charge is 0.299 e. The van der Waals surface area contributed by atoms with Crippen LogP contribution < -0.4 is 0 Å². The highest BCUT2D eigenvalue weighted by Gasteiger charge is 2.21. The summed E-state index contributed by atoms with van der Waals surface area (Å²) in [4.78, 5) is 12.3. The molecule has 0 radical (unpaired) electrons. The molecule has 0 atom stereocenters. The van der Waals surface area contributed by atoms with Crippen molar-refractivity contribution in [3.63, 3.8) is 0 Å². The molecule has 3 heteroatoms. The van der Waals surface area contributed by atoms with Gasteiger partial charge in [0.15, 0.2) is 0 Å². The number of ketones is 1. The van der Waals surface area contributed by atoms with E-state index in [2.05, 4.69) is 0 Å². The Bertz CT molecular complexity index is 436.